The first kappa shape index (κ1) is 15.7. The Hall–Kier alpha value is -0.690. The highest BCUT2D eigenvalue weighted by molar-refractivity contribution is 7.89. The van der Waals surface area contributed by atoms with E-state index in [0.717, 1.165) is 12.8 Å². The van der Waals surface area contributed by atoms with Gasteiger partial charge in [0.05, 0.1) is 5.02 Å². The van der Waals surface area contributed by atoms with Crippen LogP contribution in [-0.4, -0.2) is 37.0 Å². The molecule has 20 heavy (non-hydrogen) atoms. The second kappa shape index (κ2) is 6.39. The quantitative estimate of drug-likeness (QED) is 0.906. The molecule has 1 N–H and O–H groups in total. The molecule has 0 saturated carbocycles. The Morgan fingerprint density at radius 3 is 2.90 bits per heavy atom. The van der Waals surface area contributed by atoms with Crippen LogP contribution in [0.5, 0.6) is 0 Å². The molecule has 1 aliphatic rings. The Balaban J connectivity index is 2.32. The minimum absolute atomic E-state index is 0.0237. The second-order valence-corrected chi connectivity index (χ2v) is 7.10. The Morgan fingerprint density at radius 1 is 1.45 bits per heavy atom. The van der Waals surface area contributed by atoms with Crippen LogP contribution in [0.2, 0.25) is 5.02 Å². The van der Waals surface area contributed by atoms with E-state index in [1.54, 1.807) is 0 Å². The maximum absolute atomic E-state index is 14.0. The molecule has 1 atom stereocenters. The summed E-state index contributed by atoms with van der Waals surface area (Å²) in [6.07, 6.45) is 2.60. The van der Waals surface area contributed by atoms with Crippen molar-refractivity contribution in [1.29, 1.82) is 0 Å². The summed E-state index contributed by atoms with van der Waals surface area (Å²) < 4.78 is 40.4. The van der Waals surface area contributed by atoms with Gasteiger partial charge in [-0.1, -0.05) is 17.7 Å². The molecule has 1 unspecified atom stereocenters. The van der Waals surface area contributed by atoms with Crippen LogP contribution in [0.3, 0.4) is 0 Å². The van der Waals surface area contributed by atoms with Crippen molar-refractivity contribution in [2.75, 3.05) is 13.2 Å². The van der Waals surface area contributed by atoms with Gasteiger partial charge in [-0.15, -0.1) is 0 Å². The number of aliphatic hydroxyl groups excluding tert-OH is 1. The van der Waals surface area contributed by atoms with Crippen LogP contribution in [0, 0.1) is 5.82 Å². The molecule has 0 aliphatic carbocycles. The van der Waals surface area contributed by atoms with Crippen LogP contribution >= 0.6 is 11.6 Å². The molecule has 112 valence electrons. The molecule has 1 fully saturated rings. The maximum Gasteiger partial charge on any atom is 0.246 e. The van der Waals surface area contributed by atoms with E-state index < -0.39 is 15.8 Å². The van der Waals surface area contributed by atoms with E-state index in [1.807, 2.05) is 0 Å². The molecule has 0 spiro atoms. The molecule has 0 aromatic heterocycles. The normalized spacial score (nSPS) is 20.4. The van der Waals surface area contributed by atoms with Crippen LogP contribution in [0.15, 0.2) is 23.1 Å². The summed E-state index contributed by atoms with van der Waals surface area (Å²) in [4.78, 5) is -0.374. The van der Waals surface area contributed by atoms with Crippen molar-refractivity contribution in [1.82, 2.24) is 4.31 Å². The predicted molar refractivity (Wildman–Crippen MR) is 74.6 cm³/mol. The first-order valence-electron chi connectivity index (χ1n) is 6.55. The highest BCUT2D eigenvalue weighted by Crippen LogP contribution is 2.31. The molecule has 4 nitrogen and oxygen atoms in total. The summed E-state index contributed by atoms with van der Waals surface area (Å²) in [7, 11) is -3.88. The summed E-state index contributed by atoms with van der Waals surface area (Å²) in [6, 6.07) is 3.81. The standard InChI is InChI=1S/C13H17ClFNO3S/c14-11-6-1-7-12(13(11)15)20(18,19)16-8-2-4-10(16)5-3-9-17/h1,6-7,10,17H,2-5,8-9H2. The van der Waals surface area contributed by atoms with Gasteiger partial charge in [0, 0.05) is 19.2 Å². The first-order chi connectivity index (χ1) is 9.48. The van der Waals surface area contributed by atoms with Gasteiger partial charge in [-0.2, -0.15) is 4.31 Å². The van der Waals surface area contributed by atoms with Gasteiger partial charge in [0.2, 0.25) is 10.0 Å². The topological polar surface area (TPSA) is 57.6 Å². The zero-order chi connectivity index (χ0) is 14.8. The van der Waals surface area contributed by atoms with Crippen molar-refractivity contribution in [3.63, 3.8) is 0 Å². The fraction of sp³-hybridized carbons (Fsp3) is 0.538. The molecule has 1 aliphatic heterocycles. The third kappa shape index (κ3) is 2.98. The van der Waals surface area contributed by atoms with E-state index in [9.17, 15) is 12.8 Å². The fourth-order valence-corrected chi connectivity index (χ4v) is 4.59. The van der Waals surface area contributed by atoms with E-state index in [-0.39, 0.29) is 22.6 Å². The zero-order valence-corrected chi connectivity index (χ0v) is 12.5. The Morgan fingerprint density at radius 2 is 2.20 bits per heavy atom. The van der Waals surface area contributed by atoms with E-state index >= 15 is 0 Å². The van der Waals surface area contributed by atoms with Crippen molar-refractivity contribution < 1.29 is 17.9 Å². The van der Waals surface area contributed by atoms with E-state index in [1.165, 1.54) is 22.5 Å². The lowest BCUT2D eigenvalue weighted by molar-refractivity contribution is 0.264. The number of sulfonamides is 1. The molecule has 1 saturated heterocycles. The molecule has 2 rings (SSSR count). The molecule has 0 amide bonds. The van der Waals surface area contributed by atoms with Crippen LogP contribution in [0.1, 0.15) is 25.7 Å². The monoisotopic (exact) mass is 321 g/mol. The lowest BCUT2D eigenvalue weighted by Crippen LogP contribution is -2.36. The van der Waals surface area contributed by atoms with Crippen molar-refractivity contribution in [3.8, 4) is 0 Å². The SMILES string of the molecule is O=S(=O)(c1cccc(Cl)c1F)N1CCCC1CCCO. The lowest BCUT2D eigenvalue weighted by atomic mass is 10.1. The van der Waals surface area contributed by atoms with Crippen LogP contribution in [0.25, 0.3) is 0 Å². The molecule has 7 heteroatoms. The van der Waals surface area contributed by atoms with E-state index in [4.69, 9.17) is 16.7 Å². The van der Waals surface area contributed by atoms with Gasteiger partial charge >= 0.3 is 0 Å². The largest absolute Gasteiger partial charge is 0.396 e. The molecular weight excluding hydrogens is 305 g/mol. The second-order valence-electron chi connectivity index (χ2n) is 4.83. The van der Waals surface area contributed by atoms with Crippen molar-refractivity contribution in [2.45, 2.75) is 36.6 Å². The Kier molecular flexibility index (Phi) is 5.01. The summed E-state index contributed by atoms with van der Waals surface area (Å²) in [5.74, 6) is -0.901. The van der Waals surface area contributed by atoms with Gasteiger partial charge < -0.3 is 5.11 Å². The maximum atomic E-state index is 14.0. The zero-order valence-electron chi connectivity index (χ0n) is 10.9. The average molecular weight is 322 g/mol. The van der Waals surface area contributed by atoms with Crippen LogP contribution in [-0.2, 0) is 10.0 Å². The highest BCUT2D eigenvalue weighted by Gasteiger charge is 2.36. The third-order valence-corrected chi connectivity index (χ3v) is 5.78. The molecule has 1 heterocycles. The number of nitrogens with zero attached hydrogens (tertiary/aromatic N) is 1. The fourth-order valence-electron chi connectivity index (χ4n) is 2.55. The minimum Gasteiger partial charge on any atom is -0.396 e. The minimum atomic E-state index is -3.88. The summed E-state index contributed by atoms with van der Waals surface area (Å²) in [5.41, 5.74) is 0. The van der Waals surface area contributed by atoms with Crippen molar-refractivity contribution in [2.24, 2.45) is 0 Å². The van der Waals surface area contributed by atoms with Gasteiger partial charge in [-0.25, -0.2) is 12.8 Å². The predicted octanol–water partition coefficient (Wildman–Crippen LogP) is 2.40. The molecule has 0 radical (unpaired) electrons. The highest BCUT2D eigenvalue weighted by atomic mass is 35.5. The van der Waals surface area contributed by atoms with Crippen LogP contribution < -0.4 is 0 Å². The van der Waals surface area contributed by atoms with Crippen molar-refractivity contribution >= 4 is 21.6 Å². The van der Waals surface area contributed by atoms with E-state index in [2.05, 4.69) is 0 Å². The molecular formula is C13H17ClFNO3S. The number of benzene rings is 1. The van der Waals surface area contributed by atoms with Gasteiger partial charge in [0.1, 0.15) is 4.90 Å². The number of halogens is 2. The molecule has 1 aromatic carbocycles. The number of hydrogen-bond donors (Lipinski definition) is 1. The van der Waals surface area contributed by atoms with Gasteiger partial charge in [0.15, 0.2) is 5.82 Å². The third-order valence-electron chi connectivity index (χ3n) is 3.52. The Bertz CT molecular complexity index is 579. The smallest absolute Gasteiger partial charge is 0.246 e. The molecule has 0 bridgehead atoms. The van der Waals surface area contributed by atoms with Crippen molar-refractivity contribution in [3.05, 3.63) is 29.0 Å². The van der Waals surface area contributed by atoms with Gasteiger partial charge in [-0.3, -0.25) is 0 Å². The number of hydrogen-bond acceptors (Lipinski definition) is 3. The summed E-state index contributed by atoms with van der Waals surface area (Å²) in [6.45, 7) is 0.403. The summed E-state index contributed by atoms with van der Waals surface area (Å²) in [5, 5.41) is 8.67. The first-order valence-corrected chi connectivity index (χ1v) is 8.37. The number of rotatable bonds is 5. The van der Waals surface area contributed by atoms with Crippen LogP contribution in [0.4, 0.5) is 4.39 Å². The summed E-state index contributed by atoms with van der Waals surface area (Å²) >= 11 is 5.66. The lowest BCUT2D eigenvalue weighted by Gasteiger charge is -2.24. The van der Waals surface area contributed by atoms with Gasteiger partial charge in [-0.05, 0) is 37.8 Å². The molecule has 1 aromatic rings. The van der Waals surface area contributed by atoms with Gasteiger partial charge in [0.25, 0.3) is 0 Å². The van der Waals surface area contributed by atoms with E-state index in [0.29, 0.717) is 19.4 Å². The number of aliphatic hydroxyl groups is 1. The average Bonchev–Trinajstić information content (AvgIpc) is 2.88. The Labute approximate surface area is 123 Å².